The summed E-state index contributed by atoms with van der Waals surface area (Å²) in [4.78, 5) is 14.3. The third-order valence-corrected chi connectivity index (χ3v) is 4.52. The number of rotatable bonds is 5. The zero-order chi connectivity index (χ0) is 16.9. The number of carbonyl (C=O) groups is 1. The van der Waals surface area contributed by atoms with E-state index >= 15 is 0 Å². The van der Waals surface area contributed by atoms with Crippen molar-refractivity contribution in [3.8, 4) is 5.75 Å². The molecule has 1 aliphatic rings. The van der Waals surface area contributed by atoms with Gasteiger partial charge in [-0.15, -0.1) is 12.4 Å². The van der Waals surface area contributed by atoms with Gasteiger partial charge in [-0.3, -0.25) is 4.79 Å². The smallest absolute Gasteiger partial charge is 0.226 e. The summed E-state index contributed by atoms with van der Waals surface area (Å²) in [6.07, 6.45) is 0.377. The molecular weight excluding hydrogens is 336 g/mol. The van der Waals surface area contributed by atoms with Crippen LogP contribution in [0.1, 0.15) is 23.5 Å². The largest absolute Gasteiger partial charge is 0.493 e. The first kappa shape index (κ1) is 19.3. The Morgan fingerprint density at radius 3 is 2.64 bits per heavy atom. The minimum Gasteiger partial charge on any atom is -0.493 e. The molecule has 0 spiro atoms. The zero-order valence-corrected chi connectivity index (χ0v) is 15.2. The molecule has 0 aromatic heterocycles. The Bertz CT molecular complexity index is 693. The SMILES string of the molecule is Cc1cccc(OCCC(=O)N2C[C@@H](N)[C@H](c3ccccc3)C2)c1.Cl. The molecule has 3 rings (SSSR count). The molecule has 0 saturated carbocycles. The highest BCUT2D eigenvalue weighted by atomic mass is 35.5. The molecule has 2 atom stereocenters. The number of ether oxygens (including phenoxy) is 1. The summed E-state index contributed by atoms with van der Waals surface area (Å²) in [6.45, 7) is 3.72. The maximum Gasteiger partial charge on any atom is 0.226 e. The second-order valence-electron chi connectivity index (χ2n) is 6.39. The van der Waals surface area contributed by atoms with Crippen LogP contribution in [-0.2, 0) is 4.79 Å². The Morgan fingerprint density at radius 1 is 1.16 bits per heavy atom. The van der Waals surface area contributed by atoms with Gasteiger partial charge < -0.3 is 15.4 Å². The molecule has 2 aromatic rings. The third kappa shape index (κ3) is 4.97. The maximum absolute atomic E-state index is 12.4. The lowest BCUT2D eigenvalue weighted by Gasteiger charge is -2.17. The van der Waals surface area contributed by atoms with Gasteiger partial charge in [-0.25, -0.2) is 0 Å². The summed E-state index contributed by atoms with van der Waals surface area (Å²) in [6, 6.07) is 18.0. The molecule has 1 saturated heterocycles. The molecule has 4 nitrogen and oxygen atoms in total. The molecule has 1 aliphatic heterocycles. The van der Waals surface area contributed by atoms with E-state index < -0.39 is 0 Å². The van der Waals surface area contributed by atoms with Crippen LogP contribution in [0, 0.1) is 6.92 Å². The number of aryl methyl sites for hydroxylation is 1. The van der Waals surface area contributed by atoms with Gasteiger partial charge in [0.1, 0.15) is 5.75 Å². The molecule has 2 N–H and O–H groups in total. The average Bonchev–Trinajstić information content (AvgIpc) is 2.98. The number of halogens is 1. The van der Waals surface area contributed by atoms with Crippen LogP contribution in [0.5, 0.6) is 5.75 Å². The lowest BCUT2D eigenvalue weighted by Crippen LogP contribution is -2.32. The van der Waals surface area contributed by atoms with Crippen molar-refractivity contribution in [2.45, 2.75) is 25.3 Å². The Hall–Kier alpha value is -2.04. The number of carbonyl (C=O) groups excluding carboxylic acids is 1. The minimum atomic E-state index is -0.00552. The van der Waals surface area contributed by atoms with Gasteiger partial charge in [0.05, 0.1) is 13.0 Å². The third-order valence-electron chi connectivity index (χ3n) is 4.52. The van der Waals surface area contributed by atoms with Crippen molar-refractivity contribution in [1.82, 2.24) is 4.90 Å². The molecular formula is C20H25ClN2O2. The van der Waals surface area contributed by atoms with Crippen LogP contribution in [0.3, 0.4) is 0 Å². The minimum absolute atomic E-state index is 0. The number of benzene rings is 2. The first-order valence-corrected chi connectivity index (χ1v) is 8.41. The standard InChI is InChI=1S/C20H24N2O2.ClH/c1-15-6-5-9-17(12-15)24-11-10-20(23)22-13-18(19(21)14-22)16-7-3-2-4-8-16;/h2-9,12,18-19H,10-11,13-14,21H2,1H3;1H/t18-,19+;/m0./s1. The van der Waals surface area contributed by atoms with Crippen molar-refractivity contribution < 1.29 is 9.53 Å². The van der Waals surface area contributed by atoms with Crippen LogP contribution < -0.4 is 10.5 Å². The van der Waals surface area contributed by atoms with Gasteiger partial charge in [0.25, 0.3) is 0 Å². The molecule has 0 aliphatic carbocycles. The summed E-state index contributed by atoms with van der Waals surface area (Å²) < 4.78 is 5.68. The number of amides is 1. The number of likely N-dealkylation sites (tertiary alicyclic amines) is 1. The van der Waals surface area contributed by atoms with Gasteiger partial charge in [-0.05, 0) is 30.2 Å². The first-order chi connectivity index (χ1) is 11.6. The normalized spacial score (nSPS) is 19.4. The number of nitrogens with two attached hydrogens (primary N) is 1. The van der Waals surface area contributed by atoms with Gasteiger partial charge >= 0.3 is 0 Å². The van der Waals surface area contributed by atoms with Gasteiger partial charge in [0.15, 0.2) is 0 Å². The molecule has 0 bridgehead atoms. The summed E-state index contributed by atoms with van der Waals surface area (Å²) in [7, 11) is 0. The number of hydrogen-bond donors (Lipinski definition) is 1. The van der Waals surface area contributed by atoms with Gasteiger partial charge in [-0.1, -0.05) is 42.5 Å². The van der Waals surface area contributed by atoms with Crippen LogP contribution in [0.4, 0.5) is 0 Å². The maximum atomic E-state index is 12.4. The van der Waals surface area contributed by atoms with Crippen molar-refractivity contribution in [3.63, 3.8) is 0 Å². The average molecular weight is 361 g/mol. The quantitative estimate of drug-likeness (QED) is 0.891. The fourth-order valence-electron chi connectivity index (χ4n) is 3.20. The first-order valence-electron chi connectivity index (χ1n) is 8.41. The van der Waals surface area contributed by atoms with E-state index in [1.807, 2.05) is 54.3 Å². The summed E-state index contributed by atoms with van der Waals surface area (Å²) in [5, 5.41) is 0. The van der Waals surface area contributed by atoms with Crippen LogP contribution in [-0.4, -0.2) is 36.5 Å². The molecule has 1 amide bonds. The highest BCUT2D eigenvalue weighted by Crippen LogP contribution is 2.26. The number of hydrogen-bond acceptors (Lipinski definition) is 3. The molecule has 25 heavy (non-hydrogen) atoms. The fraction of sp³-hybridized carbons (Fsp3) is 0.350. The van der Waals surface area contributed by atoms with Crippen LogP contribution in [0.25, 0.3) is 0 Å². The highest BCUT2D eigenvalue weighted by Gasteiger charge is 2.33. The van der Waals surface area contributed by atoms with E-state index in [1.165, 1.54) is 5.56 Å². The second-order valence-corrected chi connectivity index (χ2v) is 6.39. The van der Waals surface area contributed by atoms with Gasteiger partial charge in [0.2, 0.25) is 5.91 Å². The molecule has 5 heteroatoms. The Kier molecular flexibility index (Phi) is 6.85. The Morgan fingerprint density at radius 2 is 1.92 bits per heavy atom. The molecule has 0 unspecified atom stereocenters. The van der Waals surface area contributed by atoms with Crippen LogP contribution >= 0.6 is 12.4 Å². The van der Waals surface area contributed by atoms with E-state index in [2.05, 4.69) is 12.1 Å². The van der Waals surface area contributed by atoms with E-state index in [4.69, 9.17) is 10.5 Å². The molecule has 0 radical (unpaired) electrons. The Balaban J connectivity index is 0.00000225. The van der Waals surface area contributed by atoms with Crippen molar-refractivity contribution in [2.75, 3.05) is 19.7 Å². The predicted octanol–water partition coefficient (Wildman–Crippen LogP) is 3.14. The fourth-order valence-corrected chi connectivity index (χ4v) is 3.20. The van der Waals surface area contributed by atoms with Crippen LogP contribution in [0.15, 0.2) is 54.6 Å². The lowest BCUT2D eigenvalue weighted by molar-refractivity contribution is -0.130. The summed E-state index contributed by atoms with van der Waals surface area (Å²) >= 11 is 0. The van der Waals surface area contributed by atoms with E-state index in [9.17, 15) is 4.79 Å². The summed E-state index contributed by atoms with van der Waals surface area (Å²) in [5.41, 5.74) is 8.60. The van der Waals surface area contributed by atoms with Crippen molar-refractivity contribution in [3.05, 3.63) is 65.7 Å². The zero-order valence-electron chi connectivity index (χ0n) is 14.4. The van der Waals surface area contributed by atoms with Crippen molar-refractivity contribution in [2.24, 2.45) is 5.73 Å². The van der Waals surface area contributed by atoms with E-state index in [0.29, 0.717) is 26.1 Å². The van der Waals surface area contributed by atoms with Gasteiger partial charge in [-0.2, -0.15) is 0 Å². The highest BCUT2D eigenvalue weighted by molar-refractivity contribution is 5.85. The summed E-state index contributed by atoms with van der Waals surface area (Å²) in [5.74, 6) is 1.13. The predicted molar refractivity (Wildman–Crippen MR) is 102 cm³/mol. The Labute approximate surface area is 155 Å². The second kappa shape index (κ2) is 8.88. The number of nitrogens with zero attached hydrogens (tertiary/aromatic N) is 1. The van der Waals surface area contributed by atoms with Crippen molar-refractivity contribution >= 4 is 18.3 Å². The van der Waals surface area contributed by atoms with Crippen molar-refractivity contribution in [1.29, 1.82) is 0 Å². The van der Waals surface area contributed by atoms with E-state index in [0.717, 1.165) is 11.3 Å². The molecule has 2 aromatic carbocycles. The molecule has 1 fully saturated rings. The van der Waals surface area contributed by atoms with E-state index in [-0.39, 0.29) is 30.3 Å². The molecule has 134 valence electrons. The van der Waals surface area contributed by atoms with E-state index in [1.54, 1.807) is 0 Å². The lowest BCUT2D eigenvalue weighted by atomic mass is 9.95. The van der Waals surface area contributed by atoms with Crippen LogP contribution in [0.2, 0.25) is 0 Å². The topological polar surface area (TPSA) is 55.6 Å². The molecule has 1 heterocycles. The van der Waals surface area contributed by atoms with Gasteiger partial charge in [0, 0.05) is 25.0 Å². The monoisotopic (exact) mass is 360 g/mol.